The van der Waals surface area contributed by atoms with Crippen LogP contribution in [-0.2, 0) is 0 Å². The highest BCUT2D eigenvalue weighted by Crippen LogP contribution is 2.31. The van der Waals surface area contributed by atoms with Crippen LogP contribution in [0.25, 0.3) is 0 Å². The summed E-state index contributed by atoms with van der Waals surface area (Å²) in [6, 6.07) is 7.40. The zero-order valence-corrected chi connectivity index (χ0v) is 11.0. The minimum absolute atomic E-state index is 0.317. The Hall–Kier alpha value is -1.46. The van der Waals surface area contributed by atoms with E-state index in [1.807, 2.05) is 18.4 Å². The zero-order chi connectivity index (χ0) is 14.0. The van der Waals surface area contributed by atoms with Gasteiger partial charge in [-0.15, -0.1) is 11.8 Å². The number of rotatable bonds is 3. The Kier molecular flexibility index (Phi) is 4.17. The molecule has 0 aliphatic carbocycles. The van der Waals surface area contributed by atoms with Crippen molar-refractivity contribution in [2.75, 3.05) is 6.26 Å². The van der Waals surface area contributed by atoms with Crippen LogP contribution in [-0.4, -0.2) is 6.26 Å². The maximum absolute atomic E-state index is 13.7. The monoisotopic (exact) mass is 283 g/mol. The Morgan fingerprint density at radius 3 is 2.21 bits per heavy atom. The molecule has 1 atom stereocenters. The van der Waals surface area contributed by atoms with Crippen molar-refractivity contribution in [3.05, 3.63) is 65.0 Å². The average molecular weight is 283 g/mol. The van der Waals surface area contributed by atoms with Crippen LogP contribution < -0.4 is 5.73 Å². The fraction of sp³-hybridized carbons (Fsp3) is 0.143. The fourth-order valence-corrected chi connectivity index (χ4v) is 2.57. The van der Waals surface area contributed by atoms with Crippen molar-refractivity contribution < 1.29 is 13.2 Å². The maximum atomic E-state index is 13.7. The third-order valence-electron chi connectivity index (χ3n) is 2.83. The summed E-state index contributed by atoms with van der Waals surface area (Å²) in [4.78, 5) is 0.832. The van der Waals surface area contributed by atoms with Crippen LogP contribution in [0.1, 0.15) is 17.2 Å². The fourth-order valence-electron chi connectivity index (χ4n) is 1.93. The van der Waals surface area contributed by atoms with Crippen LogP contribution in [0.3, 0.4) is 0 Å². The quantitative estimate of drug-likeness (QED) is 0.865. The summed E-state index contributed by atoms with van der Waals surface area (Å²) in [5.41, 5.74) is 6.22. The lowest BCUT2D eigenvalue weighted by Crippen LogP contribution is -2.16. The summed E-state index contributed by atoms with van der Waals surface area (Å²) < 4.78 is 40.3. The lowest BCUT2D eigenvalue weighted by Gasteiger charge is -2.17. The van der Waals surface area contributed by atoms with E-state index in [9.17, 15) is 13.2 Å². The number of hydrogen-bond acceptors (Lipinski definition) is 2. The predicted octanol–water partition coefficient (Wildman–Crippen LogP) is 3.87. The Balaban J connectivity index is 2.53. The van der Waals surface area contributed by atoms with Crippen LogP contribution >= 0.6 is 11.8 Å². The Morgan fingerprint density at radius 2 is 1.63 bits per heavy atom. The molecular weight excluding hydrogens is 271 g/mol. The van der Waals surface area contributed by atoms with E-state index in [2.05, 4.69) is 0 Å². The van der Waals surface area contributed by atoms with Crippen LogP contribution in [0.2, 0.25) is 0 Å². The molecule has 0 spiro atoms. The van der Waals surface area contributed by atoms with Gasteiger partial charge in [-0.05, 0) is 17.9 Å². The normalized spacial score (nSPS) is 12.5. The van der Waals surface area contributed by atoms with Crippen molar-refractivity contribution >= 4 is 11.8 Å². The van der Waals surface area contributed by atoms with Crippen molar-refractivity contribution in [3.63, 3.8) is 0 Å². The summed E-state index contributed by atoms with van der Waals surface area (Å²) in [6.45, 7) is 0. The Morgan fingerprint density at radius 1 is 1.05 bits per heavy atom. The van der Waals surface area contributed by atoms with E-state index in [4.69, 9.17) is 5.73 Å². The highest BCUT2D eigenvalue weighted by atomic mass is 32.2. The number of hydrogen-bond donors (Lipinski definition) is 1. The molecule has 2 N–H and O–H groups in total. The second-order valence-electron chi connectivity index (χ2n) is 4.00. The minimum atomic E-state index is -0.971. The second-order valence-corrected chi connectivity index (χ2v) is 4.85. The van der Waals surface area contributed by atoms with Gasteiger partial charge < -0.3 is 5.73 Å². The van der Waals surface area contributed by atoms with Crippen molar-refractivity contribution in [1.82, 2.24) is 0 Å². The average Bonchev–Trinajstić information content (AvgIpc) is 2.37. The van der Waals surface area contributed by atoms with Crippen LogP contribution in [0.15, 0.2) is 41.3 Å². The molecule has 2 rings (SSSR count). The molecule has 0 fully saturated rings. The van der Waals surface area contributed by atoms with Gasteiger partial charge in [-0.1, -0.05) is 18.2 Å². The molecule has 0 bridgehead atoms. The van der Waals surface area contributed by atoms with Gasteiger partial charge in [-0.25, -0.2) is 13.2 Å². The predicted molar refractivity (Wildman–Crippen MR) is 70.6 cm³/mol. The van der Waals surface area contributed by atoms with Crippen molar-refractivity contribution in [3.8, 4) is 0 Å². The van der Waals surface area contributed by atoms with Gasteiger partial charge in [0.05, 0.1) is 6.04 Å². The number of halogens is 3. The van der Waals surface area contributed by atoms with E-state index in [0.717, 1.165) is 4.90 Å². The molecule has 2 aromatic carbocycles. The SMILES string of the molecule is CSc1ccccc1C(N)c1c(F)cc(F)cc1F. The molecule has 1 unspecified atom stereocenters. The lowest BCUT2D eigenvalue weighted by atomic mass is 9.98. The van der Waals surface area contributed by atoms with Gasteiger partial charge in [-0.3, -0.25) is 0 Å². The maximum Gasteiger partial charge on any atom is 0.134 e. The van der Waals surface area contributed by atoms with Gasteiger partial charge in [0, 0.05) is 22.6 Å². The molecule has 19 heavy (non-hydrogen) atoms. The zero-order valence-electron chi connectivity index (χ0n) is 10.2. The first-order chi connectivity index (χ1) is 9.04. The van der Waals surface area contributed by atoms with E-state index < -0.39 is 23.5 Å². The summed E-state index contributed by atoms with van der Waals surface area (Å²) in [5.74, 6) is -2.90. The topological polar surface area (TPSA) is 26.0 Å². The molecule has 0 aliphatic heterocycles. The molecule has 2 aromatic rings. The van der Waals surface area contributed by atoms with E-state index in [0.29, 0.717) is 17.7 Å². The van der Waals surface area contributed by atoms with Crippen molar-refractivity contribution in [2.45, 2.75) is 10.9 Å². The molecule has 0 radical (unpaired) electrons. The molecule has 0 aromatic heterocycles. The van der Waals surface area contributed by atoms with Crippen molar-refractivity contribution in [2.24, 2.45) is 5.73 Å². The molecule has 0 saturated heterocycles. The molecule has 0 heterocycles. The minimum Gasteiger partial charge on any atom is -0.320 e. The van der Waals surface area contributed by atoms with Crippen molar-refractivity contribution in [1.29, 1.82) is 0 Å². The standard InChI is InChI=1S/C14H12F3NS/c1-19-12-5-3-2-4-9(12)14(18)13-10(16)6-8(15)7-11(13)17/h2-7,14H,18H2,1H3. The van der Waals surface area contributed by atoms with Gasteiger partial charge in [0.25, 0.3) is 0 Å². The molecule has 5 heteroatoms. The first kappa shape index (κ1) is 14.0. The number of benzene rings is 2. The number of thioether (sulfide) groups is 1. The van der Waals surface area contributed by atoms with E-state index in [1.54, 1.807) is 12.1 Å². The molecule has 0 saturated carbocycles. The summed E-state index contributed by atoms with van der Waals surface area (Å²) >= 11 is 1.43. The molecule has 0 aliphatic rings. The van der Waals surface area contributed by atoms with E-state index in [1.165, 1.54) is 11.8 Å². The molecular formula is C14H12F3NS. The van der Waals surface area contributed by atoms with Gasteiger partial charge >= 0.3 is 0 Å². The van der Waals surface area contributed by atoms with Crippen LogP contribution in [0.4, 0.5) is 13.2 Å². The van der Waals surface area contributed by atoms with Gasteiger partial charge in [0.1, 0.15) is 17.5 Å². The molecule has 100 valence electrons. The third-order valence-corrected chi connectivity index (χ3v) is 3.64. The Bertz CT molecular complexity index is 578. The van der Waals surface area contributed by atoms with Crippen LogP contribution in [0, 0.1) is 17.5 Å². The Labute approximate surface area is 113 Å². The summed E-state index contributed by atoms with van der Waals surface area (Å²) in [6.07, 6.45) is 1.85. The second kappa shape index (κ2) is 5.67. The van der Waals surface area contributed by atoms with Crippen LogP contribution in [0.5, 0.6) is 0 Å². The third kappa shape index (κ3) is 2.77. The summed E-state index contributed by atoms with van der Waals surface area (Å²) in [7, 11) is 0. The largest absolute Gasteiger partial charge is 0.320 e. The first-order valence-electron chi connectivity index (χ1n) is 5.57. The molecule has 0 amide bonds. The van der Waals surface area contributed by atoms with Gasteiger partial charge in [0.15, 0.2) is 0 Å². The van der Waals surface area contributed by atoms with Gasteiger partial charge in [0.2, 0.25) is 0 Å². The lowest BCUT2D eigenvalue weighted by molar-refractivity contribution is 0.514. The summed E-state index contributed by atoms with van der Waals surface area (Å²) in [5, 5.41) is 0. The van der Waals surface area contributed by atoms with E-state index in [-0.39, 0.29) is 5.56 Å². The van der Waals surface area contributed by atoms with Gasteiger partial charge in [-0.2, -0.15) is 0 Å². The molecule has 1 nitrogen and oxygen atoms in total. The number of nitrogens with two attached hydrogens (primary N) is 1. The highest BCUT2D eigenvalue weighted by Gasteiger charge is 2.21. The first-order valence-corrected chi connectivity index (χ1v) is 6.80. The van der Waals surface area contributed by atoms with E-state index >= 15 is 0 Å². The highest BCUT2D eigenvalue weighted by molar-refractivity contribution is 7.98. The smallest absolute Gasteiger partial charge is 0.134 e.